The number of likely N-dealkylation sites (tertiary alicyclic amines) is 1. The monoisotopic (exact) mass is 300 g/mol. The molecule has 1 aromatic rings. The fourth-order valence-electron chi connectivity index (χ4n) is 3.62. The molecule has 4 nitrogen and oxygen atoms in total. The minimum atomic E-state index is -0.183. The van der Waals surface area contributed by atoms with Gasteiger partial charge in [-0.2, -0.15) is 0 Å². The maximum absolute atomic E-state index is 12.7. The van der Waals surface area contributed by atoms with E-state index in [0.717, 1.165) is 30.8 Å². The number of hydrogen-bond donors (Lipinski definition) is 0. The molecule has 2 amide bonds. The van der Waals surface area contributed by atoms with Crippen molar-refractivity contribution in [3.05, 3.63) is 29.8 Å². The summed E-state index contributed by atoms with van der Waals surface area (Å²) in [5.41, 5.74) is 2.02. The minimum absolute atomic E-state index is 0.0673. The Hall–Kier alpha value is -1.84. The van der Waals surface area contributed by atoms with Crippen LogP contribution in [0.2, 0.25) is 0 Å². The van der Waals surface area contributed by atoms with Gasteiger partial charge in [0.2, 0.25) is 11.8 Å². The van der Waals surface area contributed by atoms with Crippen molar-refractivity contribution >= 4 is 17.5 Å². The molecule has 0 radical (unpaired) electrons. The average molecular weight is 300 g/mol. The zero-order valence-corrected chi connectivity index (χ0v) is 13.4. The van der Waals surface area contributed by atoms with Crippen molar-refractivity contribution in [1.82, 2.24) is 4.90 Å². The Bertz CT molecular complexity index is 584. The normalized spacial score (nSPS) is 25.6. The van der Waals surface area contributed by atoms with Crippen LogP contribution in [-0.4, -0.2) is 36.3 Å². The van der Waals surface area contributed by atoms with Gasteiger partial charge in [0.15, 0.2) is 0 Å². The topological polar surface area (TPSA) is 40.6 Å². The van der Waals surface area contributed by atoms with E-state index in [4.69, 9.17) is 0 Å². The second-order valence-electron chi connectivity index (χ2n) is 6.72. The number of amides is 2. The van der Waals surface area contributed by atoms with Crippen molar-refractivity contribution in [2.75, 3.05) is 24.5 Å². The van der Waals surface area contributed by atoms with Gasteiger partial charge in [-0.15, -0.1) is 0 Å². The number of para-hydroxylation sites is 1. The van der Waals surface area contributed by atoms with E-state index in [-0.39, 0.29) is 17.7 Å². The van der Waals surface area contributed by atoms with Gasteiger partial charge >= 0.3 is 0 Å². The Morgan fingerprint density at radius 1 is 1.23 bits per heavy atom. The van der Waals surface area contributed by atoms with Crippen LogP contribution >= 0.6 is 0 Å². The summed E-state index contributed by atoms with van der Waals surface area (Å²) in [4.78, 5) is 28.8. The SMILES string of the molecule is Cc1ccccc1N1C[C@@H](C(=O)N2CCC[C@@H](C)C2)CC1=O. The Kier molecular flexibility index (Phi) is 4.19. The Labute approximate surface area is 132 Å². The molecule has 22 heavy (non-hydrogen) atoms. The van der Waals surface area contributed by atoms with Crippen LogP contribution in [-0.2, 0) is 9.59 Å². The number of aryl methyl sites for hydroxylation is 1. The Morgan fingerprint density at radius 2 is 2.00 bits per heavy atom. The van der Waals surface area contributed by atoms with Crippen LogP contribution in [0.1, 0.15) is 31.7 Å². The van der Waals surface area contributed by atoms with Gasteiger partial charge in [0, 0.05) is 31.7 Å². The second kappa shape index (κ2) is 6.11. The summed E-state index contributed by atoms with van der Waals surface area (Å²) < 4.78 is 0. The van der Waals surface area contributed by atoms with E-state index in [2.05, 4.69) is 6.92 Å². The molecular weight excluding hydrogens is 276 g/mol. The van der Waals surface area contributed by atoms with Crippen LogP contribution < -0.4 is 4.90 Å². The maximum atomic E-state index is 12.7. The summed E-state index contributed by atoms with van der Waals surface area (Å²) in [7, 11) is 0. The molecule has 2 saturated heterocycles. The van der Waals surface area contributed by atoms with Gasteiger partial charge in [-0.25, -0.2) is 0 Å². The fraction of sp³-hybridized carbons (Fsp3) is 0.556. The summed E-state index contributed by atoms with van der Waals surface area (Å²) >= 11 is 0. The number of piperidine rings is 1. The summed E-state index contributed by atoms with van der Waals surface area (Å²) in [6, 6.07) is 7.88. The molecule has 3 rings (SSSR count). The first kappa shape index (κ1) is 15.1. The number of hydrogen-bond acceptors (Lipinski definition) is 2. The predicted octanol–water partition coefficient (Wildman–Crippen LogP) is 2.61. The number of anilines is 1. The van der Waals surface area contributed by atoms with Crippen LogP contribution in [0.4, 0.5) is 5.69 Å². The number of rotatable bonds is 2. The molecule has 4 heteroatoms. The van der Waals surface area contributed by atoms with Crippen LogP contribution in [0.15, 0.2) is 24.3 Å². The third kappa shape index (κ3) is 2.87. The Morgan fingerprint density at radius 3 is 2.73 bits per heavy atom. The van der Waals surface area contributed by atoms with Crippen molar-refractivity contribution in [3.8, 4) is 0 Å². The quantitative estimate of drug-likeness (QED) is 0.842. The molecular formula is C18H24N2O2. The zero-order valence-electron chi connectivity index (χ0n) is 13.4. The summed E-state index contributed by atoms with van der Waals surface area (Å²) in [5, 5.41) is 0. The van der Waals surface area contributed by atoms with Crippen LogP contribution in [0, 0.1) is 18.8 Å². The largest absolute Gasteiger partial charge is 0.342 e. The van der Waals surface area contributed by atoms with Gasteiger partial charge in [-0.1, -0.05) is 25.1 Å². The molecule has 2 aliphatic heterocycles. The highest BCUT2D eigenvalue weighted by Gasteiger charge is 2.38. The van der Waals surface area contributed by atoms with E-state index in [1.165, 1.54) is 6.42 Å². The third-order valence-corrected chi connectivity index (χ3v) is 4.85. The average Bonchev–Trinajstić information content (AvgIpc) is 2.89. The number of carbonyl (C=O) groups is 2. The van der Waals surface area contributed by atoms with Gasteiger partial charge < -0.3 is 9.80 Å². The molecule has 0 N–H and O–H groups in total. The predicted molar refractivity (Wildman–Crippen MR) is 86.6 cm³/mol. The van der Waals surface area contributed by atoms with Gasteiger partial charge in [-0.05, 0) is 37.3 Å². The number of benzene rings is 1. The highest BCUT2D eigenvalue weighted by atomic mass is 16.2. The first-order valence-corrected chi connectivity index (χ1v) is 8.21. The molecule has 0 spiro atoms. The van der Waals surface area contributed by atoms with Crippen LogP contribution in [0.3, 0.4) is 0 Å². The summed E-state index contributed by atoms with van der Waals surface area (Å²) in [5.74, 6) is 0.619. The highest BCUT2D eigenvalue weighted by Crippen LogP contribution is 2.29. The van der Waals surface area contributed by atoms with Gasteiger partial charge in [0.05, 0.1) is 5.92 Å². The molecule has 118 valence electrons. The van der Waals surface area contributed by atoms with Crippen molar-refractivity contribution in [2.45, 2.75) is 33.1 Å². The van der Waals surface area contributed by atoms with E-state index in [1.54, 1.807) is 4.90 Å². The van der Waals surface area contributed by atoms with Crippen LogP contribution in [0.5, 0.6) is 0 Å². The van der Waals surface area contributed by atoms with Gasteiger partial charge in [-0.3, -0.25) is 9.59 Å². The van der Waals surface area contributed by atoms with Gasteiger partial charge in [0.25, 0.3) is 0 Å². The molecule has 2 fully saturated rings. The Balaban J connectivity index is 1.72. The van der Waals surface area contributed by atoms with Crippen molar-refractivity contribution in [3.63, 3.8) is 0 Å². The van der Waals surface area contributed by atoms with E-state index in [9.17, 15) is 9.59 Å². The van der Waals surface area contributed by atoms with Gasteiger partial charge in [0.1, 0.15) is 0 Å². The molecule has 0 unspecified atom stereocenters. The minimum Gasteiger partial charge on any atom is -0.342 e. The van der Waals surface area contributed by atoms with E-state index >= 15 is 0 Å². The standard InChI is InChI=1S/C18H24N2O2/c1-13-6-5-9-19(11-13)18(22)15-10-17(21)20(12-15)16-8-4-3-7-14(16)2/h3-4,7-8,13,15H,5-6,9-12H2,1-2H3/t13-,15+/m1/s1. The molecule has 1 aromatic carbocycles. The second-order valence-corrected chi connectivity index (χ2v) is 6.72. The molecule has 0 bridgehead atoms. The van der Waals surface area contributed by atoms with Crippen LogP contribution in [0.25, 0.3) is 0 Å². The van der Waals surface area contributed by atoms with E-state index in [1.807, 2.05) is 36.1 Å². The highest BCUT2D eigenvalue weighted by molar-refractivity contribution is 6.00. The molecule has 0 saturated carbocycles. The maximum Gasteiger partial charge on any atom is 0.228 e. The van der Waals surface area contributed by atoms with E-state index < -0.39 is 0 Å². The third-order valence-electron chi connectivity index (χ3n) is 4.85. The molecule has 2 atom stereocenters. The van der Waals surface area contributed by atoms with Crippen molar-refractivity contribution < 1.29 is 9.59 Å². The fourth-order valence-corrected chi connectivity index (χ4v) is 3.62. The molecule has 0 aliphatic carbocycles. The molecule has 2 heterocycles. The van der Waals surface area contributed by atoms with Crippen molar-refractivity contribution in [2.24, 2.45) is 11.8 Å². The number of nitrogens with zero attached hydrogens (tertiary/aromatic N) is 2. The van der Waals surface area contributed by atoms with E-state index in [0.29, 0.717) is 18.9 Å². The smallest absolute Gasteiger partial charge is 0.228 e. The lowest BCUT2D eigenvalue weighted by molar-refractivity contribution is -0.137. The lowest BCUT2D eigenvalue weighted by Gasteiger charge is -2.32. The zero-order chi connectivity index (χ0) is 15.7. The first-order valence-electron chi connectivity index (χ1n) is 8.21. The summed E-state index contributed by atoms with van der Waals surface area (Å²) in [6.45, 7) is 6.41. The van der Waals surface area contributed by atoms with Crippen molar-refractivity contribution in [1.29, 1.82) is 0 Å². The number of carbonyl (C=O) groups excluding carboxylic acids is 2. The molecule has 2 aliphatic rings. The lowest BCUT2D eigenvalue weighted by atomic mass is 9.98. The molecule has 0 aromatic heterocycles. The lowest BCUT2D eigenvalue weighted by Crippen LogP contribution is -2.43. The first-order chi connectivity index (χ1) is 10.6. The summed E-state index contributed by atoms with van der Waals surface area (Å²) in [6.07, 6.45) is 2.62.